The monoisotopic (exact) mass is 571 g/mol. The van der Waals surface area contributed by atoms with E-state index in [1.54, 1.807) is 0 Å². The van der Waals surface area contributed by atoms with Crippen molar-refractivity contribution in [3.05, 3.63) is 170 Å². The Hall–Kier alpha value is -3.63. The molecule has 0 atom stereocenters. The van der Waals surface area contributed by atoms with E-state index in [0.29, 0.717) is 0 Å². The highest BCUT2D eigenvalue weighted by molar-refractivity contribution is 8.33. The molecule has 0 saturated heterocycles. The van der Waals surface area contributed by atoms with E-state index in [1.807, 2.05) is 11.8 Å². The fourth-order valence-corrected chi connectivity index (χ4v) is 10.7. The Morgan fingerprint density at radius 1 is 0.375 bits per heavy atom. The molecular weight excluding hydrogens is 541 g/mol. The lowest BCUT2D eigenvalue weighted by molar-refractivity contribution is 1.26. The molecule has 0 aliphatic heterocycles. The molecule has 6 aromatic rings. The normalized spacial score (nSPS) is 11.8. The van der Waals surface area contributed by atoms with Crippen molar-refractivity contribution in [3.63, 3.8) is 0 Å². The van der Waals surface area contributed by atoms with Gasteiger partial charge in [-0.3, -0.25) is 0 Å². The molecule has 0 saturated carbocycles. The zero-order valence-electron chi connectivity index (χ0n) is 22.4. The van der Waals surface area contributed by atoms with Gasteiger partial charge in [-0.1, -0.05) is 84.6 Å². The van der Waals surface area contributed by atoms with Crippen LogP contribution in [-0.2, 0) is 10.9 Å². The first kappa shape index (κ1) is 26.6. The first-order chi connectivity index (χ1) is 19.7. The Balaban J connectivity index is 1.26. The van der Waals surface area contributed by atoms with Crippen molar-refractivity contribution in [2.45, 2.75) is 39.2 Å². The zero-order valence-corrected chi connectivity index (χ0v) is 24.8. The van der Waals surface area contributed by atoms with Crippen LogP contribution in [0.25, 0.3) is 0 Å². The highest BCUT2D eigenvalue weighted by Gasteiger charge is 2.28. The summed E-state index contributed by atoms with van der Waals surface area (Å²) in [4.78, 5) is 10.7. The third kappa shape index (κ3) is 5.64. The summed E-state index contributed by atoms with van der Waals surface area (Å²) in [7, 11) is -1.47. The average Bonchev–Trinajstić information content (AvgIpc) is 3.04. The molecule has 40 heavy (non-hydrogen) atoms. The lowest BCUT2D eigenvalue weighted by atomic mass is 10.3. The minimum absolute atomic E-state index is 0.126. The van der Waals surface area contributed by atoms with Gasteiger partial charge in [0, 0.05) is 9.79 Å². The summed E-state index contributed by atoms with van der Waals surface area (Å²) in [6, 6.07) is 61.9. The standard InChI is InChI=1S/C37H31S3/c1-40(35-18-10-4-11-19-35,36-20-12-5-13-21-36)37-28-24-31(25-29-37)38-30-22-26-34(27-23-30)39(32-14-6-2-7-15-32)33-16-8-3-9-17-33/h2-29H,1H3/q+1. The predicted octanol–water partition coefficient (Wildman–Crippen LogP) is 10.8. The van der Waals surface area contributed by atoms with Crippen molar-refractivity contribution < 1.29 is 0 Å². The van der Waals surface area contributed by atoms with E-state index in [4.69, 9.17) is 0 Å². The molecule has 0 aromatic heterocycles. The van der Waals surface area contributed by atoms with Gasteiger partial charge < -0.3 is 0 Å². The molecule has 0 amide bonds. The summed E-state index contributed by atoms with van der Waals surface area (Å²) < 4.78 is 0. The molecule has 0 nitrogen and oxygen atoms in total. The lowest BCUT2D eigenvalue weighted by Crippen LogP contribution is -2.04. The second-order valence-electron chi connectivity index (χ2n) is 9.52. The molecule has 0 heterocycles. The average molecular weight is 572 g/mol. The Labute approximate surface area is 246 Å². The Morgan fingerprint density at radius 3 is 1.12 bits per heavy atom. The van der Waals surface area contributed by atoms with Crippen LogP contribution in [0.15, 0.2) is 209 Å². The van der Waals surface area contributed by atoms with Gasteiger partial charge in [-0.15, -0.1) is 0 Å². The van der Waals surface area contributed by atoms with Gasteiger partial charge in [-0.25, -0.2) is 0 Å². The summed E-state index contributed by atoms with van der Waals surface area (Å²) in [5.41, 5.74) is 0. The van der Waals surface area contributed by atoms with Crippen LogP contribution in [0.1, 0.15) is 0 Å². The molecule has 0 fully saturated rings. The quantitative estimate of drug-likeness (QED) is 0.164. The SMILES string of the molecule is CS(c1ccccc1)(c1ccccc1)c1ccc(Sc2ccc([S+](c3ccccc3)c3ccccc3)cc2)cc1. The number of hydrogen-bond acceptors (Lipinski definition) is 1. The number of hydrogen-bond donors (Lipinski definition) is 0. The van der Waals surface area contributed by atoms with Gasteiger partial charge in [0.1, 0.15) is 0 Å². The topological polar surface area (TPSA) is 0 Å². The van der Waals surface area contributed by atoms with Crippen molar-refractivity contribution in [1.82, 2.24) is 0 Å². The number of rotatable bonds is 8. The maximum atomic E-state index is 2.41. The van der Waals surface area contributed by atoms with Crippen LogP contribution in [0.3, 0.4) is 0 Å². The molecule has 0 unspecified atom stereocenters. The summed E-state index contributed by atoms with van der Waals surface area (Å²) in [6.45, 7) is 0. The van der Waals surface area contributed by atoms with Gasteiger partial charge in [0.2, 0.25) is 0 Å². The van der Waals surface area contributed by atoms with Crippen LogP contribution < -0.4 is 0 Å². The van der Waals surface area contributed by atoms with Crippen LogP contribution in [0.4, 0.5) is 0 Å². The summed E-state index contributed by atoms with van der Waals surface area (Å²) in [5, 5.41) is 0. The van der Waals surface area contributed by atoms with Gasteiger partial charge in [0.25, 0.3) is 0 Å². The molecule has 0 bridgehead atoms. The minimum atomic E-state index is -1.34. The van der Waals surface area contributed by atoms with E-state index in [0.717, 1.165) is 0 Å². The molecule has 0 spiro atoms. The van der Waals surface area contributed by atoms with Gasteiger partial charge in [0.05, 0.1) is 10.9 Å². The fraction of sp³-hybridized carbons (Fsp3) is 0.0270. The van der Waals surface area contributed by atoms with E-state index >= 15 is 0 Å². The van der Waals surface area contributed by atoms with Gasteiger partial charge >= 0.3 is 0 Å². The number of benzene rings is 6. The highest BCUT2D eigenvalue weighted by Crippen LogP contribution is 2.65. The first-order valence-electron chi connectivity index (χ1n) is 13.3. The minimum Gasteiger partial charge on any atom is -0.163 e. The van der Waals surface area contributed by atoms with Crippen LogP contribution in [-0.4, -0.2) is 6.26 Å². The lowest BCUT2D eigenvalue weighted by Gasteiger charge is -2.37. The molecule has 0 aliphatic rings. The summed E-state index contributed by atoms with van der Waals surface area (Å²) >= 11 is 1.82. The van der Waals surface area contributed by atoms with Crippen LogP contribution in [0, 0.1) is 0 Å². The van der Waals surface area contributed by atoms with Gasteiger partial charge in [-0.2, -0.15) is 10.0 Å². The maximum Gasteiger partial charge on any atom is 0.166 e. The van der Waals surface area contributed by atoms with Crippen molar-refractivity contribution in [1.29, 1.82) is 0 Å². The maximum absolute atomic E-state index is 2.41. The van der Waals surface area contributed by atoms with Crippen molar-refractivity contribution in [2.24, 2.45) is 0 Å². The van der Waals surface area contributed by atoms with E-state index in [1.165, 1.54) is 39.2 Å². The molecule has 0 N–H and O–H groups in total. The third-order valence-corrected chi connectivity index (χ3v) is 13.9. The van der Waals surface area contributed by atoms with Gasteiger partial charge in [0.15, 0.2) is 14.7 Å². The van der Waals surface area contributed by atoms with Crippen molar-refractivity contribution in [2.75, 3.05) is 6.26 Å². The predicted molar refractivity (Wildman–Crippen MR) is 173 cm³/mol. The molecule has 0 radical (unpaired) electrons. The molecule has 3 heteroatoms. The Kier molecular flexibility index (Phi) is 8.15. The first-order valence-corrected chi connectivity index (χ1v) is 17.4. The van der Waals surface area contributed by atoms with Gasteiger partial charge in [-0.05, 0) is 118 Å². The smallest absolute Gasteiger partial charge is 0.163 e. The zero-order chi connectivity index (χ0) is 27.2. The summed E-state index contributed by atoms with van der Waals surface area (Å²) in [6.07, 6.45) is 2.41. The highest BCUT2D eigenvalue weighted by atomic mass is 32.3. The van der Waals surface area contributed by atoms with Crippen LogP contribution in [0.5, 0.6) is 0 Å². The molecular formula is C37H31S3+. The van der Waals surface area contributed by atoms with E-state index in [-0.39, 0.29) is 10.9 Å². The molecule has 196 valence electrons. The molecule has 6 rings (SSSR count). The Bertz CT molecular complexity index is 1550. The van der Waals surface area contributed by atoms with E-state index < -0.39 is 10.0 Å². The molecule has 6 aromatic carbocycles. The fourth-order valence-electron chi connectivity index (χ4n) is 4.87. The van der Waals surface area contributed by atoms with E-state index in [9.17, 15) is 0 Å². The summed E-state index contributed by atoms with van der Waals surface area (Å²) in [5.74, 6) is 0. The van der Waals surface area contributed by atoms with Crippen LogP contribution >= 0.6 is 21.8 Å². The third-order valence-electron chi connectivity index (χ3n) is 6.98. The van der Waals surface area contributed by atoms with E-state index in [2.05, 4.69) is 176 Å². The second kappa shape index (κ2) is 12.3. The largest absolute Gasteiger partial charge is 0.166 e. The molecule has 0 aliphatic carbocycles. The van der Waals surface area contributed by atoms with Crippen LogP contribution in [0.2, 0.25) is 0 Å². The van der Waals surface area contributed by atoms with Crippen molar-refractivity contribution >= 4 is 32.7 Å². The Morgan fingerprint density at radius 2 is 0.700 bits per heavy atom. The van der Waals surface area contributed by atoms with Crippen molar-refractivity contribution in [3.8, 4) is 0 Å². The second-order valence-corrected chi connectivity index (χ2v) is 15.9.